The fourth-order valence-corrected chi connectivity index (χ4v) is 1.20. The van der Waals surface area contributed by atoms with Crippen molar-refractivity contribution in [1.82, 2.24) is 0 Å². The summed E-state index contributed by atoms with van der Waals surface area (Å²) < 4.78 is 0. The number of nitrogens with zero attached hydrogens (tertiary/aromatic N) is 2. The molecule has 96 valence electrons. The molecule has 0 aromatic heterocycles. The topological polar surface area (TPSA) is 97.0 Å². The second-order valence-electron chi connectivity index (χ2n) is 3.71. The van der Waals surface area contributed by atoms with Gasteiger partial charge in [0.1, 0.15) is 11.6 Å². The summed E-state index contributed by atoms with van der Waals surface area (Å²) in [5.41, 5.74) is 0.808. The summed E-state index contributed by atoms with van der Waals surface area (Å²) in [5, 5.41) is 25.0. The fraction of sp³-hybridized carbons (Fsp3) is 0.250. The lowest BCUT2D eigenvalue weighted by Crippen LogP contribution is -2.15. The van der Waals surface area contributed by atoms with Crippen LogP contribution in [0.15, 0.2) is 29.3 Å². The lowest BCUT2D eigenvalue weighted by molar-refractivity contribution is -0.136. The van der Waals surface area contributed by atoms with Gasteiger partial charge in [-0.15, -0.1) is 0 Å². The lowest BCUT2D eigenvalue weighted by atomic mass is 10.3. The minimum absolute atomic E-state index is 0.0167. The first-order valence-corrected chi connectivity index (χ1v) is 5.34. The zero-order chi connectivity index (χ0) is 13.5. The number of aromatic hydroxyl groups is 1. The number of hydrogen-bond donors (Lipinski definition) is 3. The molecule has 1 aromatic rings. The minimum atomic E-state index is -0.943. The first-order chi connectivity index (χ1) is 8.49. The first kappa shape index (κ1) is 13.7. The standard InChI is InChI=1S/C12H15N3O3/c1-15(9-2-4-10(16)5-3-9)8-14-11(13)6-7-12(17)18/h2-5,8,13,16H,6-7H2,1H3,(H,17,18). The Balaban J connectivity index is 2.53. The van der Waals surface area contributed by atoms with E-state index < -0.39 is 5.97 Å². The smallest absolute Gasteiger partial charge is 0.303 e. The molecule has 0 amide bonds. The van der Waals surface area contributed by atoms with E-state index in [1.54, 1.807) is 36.2 Å². The number of carbonyl (C=O) groups is 1. The highest BCUT2D eigenvalue weighted by Crippen LogP contribution is 2.15. The van der Waals surface area contributed by atoms with E-state index in [-0.39, 0.29) is 24.4 Å². The zero-order valence-corrected chi connectivity index (χ0v) is 10.00. The van der Waals surface area contributed by atoms with Crippen molar-refractivity contribution in [3.05, 3.63) is 24.3 Å². The van der Waals surface area contributed by atoms with E-state index in [0.717, 1.165) is 5.69 Å². The van der Waals surface area contributed by atoms with E-state index in [9.17, 15) is 4.79 Å². The summed E-state index contributed by atoms with van der Waals surface area (Å²) in [7, 11) is 1.75. The van der Waals surface area contributed by atoms with Crippen LogP contribution >= 0.6 is 0 Å². The molecule has 3 N–H and O–H groups in total. The monoisotopic (exact) mass is 249 g/mol. The Morgan fingerprint density at radius 2 is 2.00 bits per heavy atom. The SMILES string of the molecule is CN(C=NC(=N)CCC(=O)O)c1ccc(O)cc1. The normalized spacial score (nSPS) is 10.5. The largest absolute Gasteiger partial charge is 0.508 e. The predicted molar refractivity (Wildman–Crippen MR) is 69.6 cm³/mol. The van der Waals surface area contributed by atoms with Crippen LogP contribution in [-0.4, -0.2) is 35.4 Å². The molecule has 0 saturated carbocycles. The van der Waals surface area contributed by atoms with Gasteiger partial charge in [-0.05, 0) is 24.3 Å². The molecule has 18 heavy (non-hydrogen) atoms. The third-order valence-corrected chi connectivity index (χ3v) is 2.22. The molecule has 0 unspecified atom stereocenters. The van der Waals surface area contributed by atoms with Gasteiger partial charge in [0.2, 0.25) is 0 Å². The van der Waals surface area contributed by atoms with Crippen LogP contribution in [0.1, 0.15) is 12.8 Å². The van der Waals surface area contributed by atoms with Gasteiger partial charge in [-0.2, -0.15) is 0 Å². The number of phenols is 1. The van der Waals surface area contributed by atoms with E-state index in [4.69, 9.17) is 15.6 Å². The van der Waals surface area contributed by atoms with Gasteiger partial charge in [-0.25, -0.2) is 4.99 Å². The van der Waals surface area contributed by atoms with Gasteiger partial charge in [-0.1, -0.05) is 0 Å². The average Bonchev–Trinajstić information content (AvgIpc) is 2.34. The summed E-state index contributed by atoms with van der Waals surface area (Å²) in [5.74, 6) is -0.747. The Labute approximate surface area is 105 Å². The predicted octanol–water partition coefficient (Wildman–Crippen LogP) is 1.70. The first-order valence-electron chi connectivity index (χ1n) is 5.34. The van der Waals surface area contributed by atoms with Gasteiger partial charge >= 0.3 is 5.97 Å². The molecule has 0 bridgehead atoms. The van der Waals surface area contributed by atoms with Gasteiger partial charge in [-0.3, -0.25) is 10.2 Å². The molecule has 0 spiro atoms. The summed E-state index contributed by atoms with van der Waals surface area (Å²) in [4.78, 5) is 15.8. The molecular formula is C12H15N3O3. The van der Waals surface area contributed by atoms with Gasteiger partial charge in [0.15, 0.2) is 0 Å². The summed E-state index contributed by atoms with van der Waals surface area (Å²) >= 11 is 0. The summed E-state index contributed by atoms with van der Waals surface area (Å²) in [6.45, 7) is 0. The van der Waals surface area contributed by atoms with Crippen LogP contribution in [0.4, 0.5) is 5.69 Å². The number of amidine groups is 1. The molecule has 1 aromatic carbocycles. The van der Waals surface area contributed by atoms with E-state index in [1.807, 2.05) is 0 Å². The highest BCUT2D eigenvalue weighted by Gasteiger charge is 2.01. The minimum Gasteiger partial charge on any atom is -0.508 e. The highest BCUT2D eigenvalue weighted by molar-refractivity contribution is 5.92. The molecule has 0 saturated heterocycles. The van der Waals surface area contributed by atoms with Crippen LogP contribution in [0.3, 0.4) is 0 Å². The molecule has 6 heteroatoms. The van der Waals surface area contributed by atoms with E-state index in [0.29, 0.717) is 0 Å². The molecule has 0 atom stereocenters. The summed E-state index contributed by atoms with van der Waals surface area (Å²) in [6.07, 6.45) is 1.45. The molecule has 0 aliphatic heterocycles. The molecule has 0 aliphatic carbocycles. The van der Waals surface area contributed by atoms with Gasteiger partial charge in [0.25, 0.3) is 0 Å². The third-order valence-electron chi connectivity index (χ3n) is 2.22. The van der Waals surface area contributed by atoms with Crippen molar-refractivity contribution in [2.75, 3.05) is 11.9 Å². The van der Waals surface area contributed by atoms with Gasteiger partial charge in [0, 0.05) is 19.2 Å². The quantitative estimate of drug-likeness (QED) is 0.546. The van der Waals surface area contributed by atoms with Crippen LogP contribution in [0.2, 0.25) is 0 Å². The molecule has 1 rings (SSSR count). The van der Waals surface area contributed by atoms with E-state index in [1.165, 1.54) is 6.34 Å². The average molecular weight is 249 g/mol. The number of anilines is 1. The van der Waals surface area contributed by atoms with Crippen molar-refractivity contribution in [1.29, 1.82) is 5.41 Å². The van der Waals surface area contributed by atoms with Crippen LogP contribution < -0.4 is 4.90 Å². The number of carboxylic acid groups (broad SMARTS) is 1. The Morgan fingerprint density at radius 1 is 1.39 bits per heavy atom. The number of phenolic OH excluding ortho intramolecular Hbond substituents is 1. The van der Waals surface area contributed by atoms with Crippen molar-refractivity contribution < 1.29 is 15.0 Å². The molecule has 0 radical (unpaired) electrons. The Morgan fingerprint density at radius 3 is 2.56 bits per heavy atom. The maximum atomic E-state index is 10.3. The number of aliphatic carboxylic acids is 1. The van der Waals surface area contributed by atoms with Crippen LogP contribution in [0.5, 0.6) is 5.75 Å². The van der Waals surface area contributed by atoms with Crippen LogP contribution in [0, 0.1) is 5.41 Å². The molecule has 6 nitrogen and oxygen atoms in total. The Hall–Kier alpha value is -2.37. The van der Waals surface area contributed by atoms with Crippen molar-refractivity contribution in [3.8, 4) is 5.75 Å². The number of nitrogens with one attached hydrogen (secondary N) is 1. The molecule has 0 aliphatic rings. The number of benzene rings is 1. The van der Waals surface area contributed by atoms with Crippen LogP contribution in [-0.2, 0) is 4.79 Å². The highest BCUT2D eigenvalue weighted by atomic mass is 16.4. The Bertz CT molecular complexity index is 454. The van der Waals surface area contributed by atoms with Crippen LogP contribution in [0.25, 0.3) is 0 Å². The number of rotatable bonds is 5. The summed E-state index contributed by atoms with van der Waals surface area (Å²) in [6, 6.07) is 6.52. The second-order valence-corrected chi connectivity index (χ2v) is 3.71. The van der Waals surface area contributed by atoms with Crippen molar-refractivity contribution in [3.63, 3.8) is 0 Å². The van der Waals surface area contributed by atoms with Gasteiger partial charge in [0.05, 0.1) is 12.8 Å². The third kappa shape index (κ3) is 4.65. The second kappa shape index (κ2) is 6.39. The van der Waals surface area contributed by atoms with Crippen molar-refractivity contribution in [2.24, 2.45) is 4.99 Å². The maximum absolute atomic E-state index is 10.3. The van der Waals surface area contributed by atoms with Gasteiger partial charge < -0.3 is 15.1 Å². The van der Waals surface area contributed by atoms with Crippen molar-refractivity contribution in [2.45, 2.75) is 12.8 Å². The molecular weight excluding hydrogens is 234 g/mol. The maximum Gasteiger partial charge on any atom is 0.303 e. The van der Waals surface area contributed by atoms with Crippen molar-refractivity contribution >= 4 is 23.8 Å². The van der Waals surface area contributed by atoms with E-state index >= 15 is 0 Å². The molecule has 0 heterocycles. The lowest BCUT2D eigenvalue weighted by Gasteiger charge is -2.12. The molecule has 0 fully saturated rings. The number of aliphatic imine (C=N–C) groups is 1. The number of hydrogen-bond acceptors (Lipinski definition) is 3. The van der Waals surface area contributed by atoms with E-state index in [2.05, 4.69) is 4.99 Å². The fourth-order valence-electron chi connectivity index (χ4n) is 1.20. The number of carboxylic acids is 1. The Kier molecular flexibility index (Phi) is 4.86. The zero-order valence-electron chi connectivity index (χ0n) is 10.00.